The van der Waals surface area contributed by atoms with Gasteiger partial charge in [-0.2, -0.15) is 5.01 Å². The third kappa shape index (κ3) is 8.44. The molecule has 2 heterocycles. The maximum atomic E-state index is 14.5. The molecule has 0 bridgehead atoms. The van der Waals surface area contributed by atoms with Crippen LogP contribution in [0.5, 0.6) is 0 Å². The van der Waals surface area contributed by atoms with E-state index in [0.29, 0.717) is 12.2 Å². The van der Waals surface area contributed by atoms with Crippen molar-refractivity contribution >= 4 is 40.4 Å². The van der Waals surface area contributed by atoms with Crippen molar-refractivity contribution < 1.29 is 28.3 Å². The normalized spacial score (nSPS) is 17.0. The van der Waals surface area contributed by atoms with Crippen molar-refractivity contribution in [3.05, 3.63) is 149 Å². The van der Waals surface area contributed by atoms with E-state index in [-0.39, 0.29) is 56.3 Å². The van der Waals surface area contributed by atoms with Crippen LogP contribution in [0.3, 0.4) is 0 Å². The first kappa shape index (κ1) is 37.1. The first-order valence-electron chi connectivity index (χ1n) is 18.4. The van der Waals surface area contributed by atoms with Crippen LogP contribution in [0.4, 0.5) is 19.7 Å². The Morgan fingerprint density at radius 1 is 0.836 bits per heavy atom. The molecule has 0 aromatic heterocycles. The van der Waals surface area contributed by atoms with Crippen molar-refractivity contribution in [3.63, 3.8) is 0 Å². The predicted octanol–water partition coefficient (Wildman–Crippen LogP) is 6.69. The largest absolute Gasteiger partial charge is 0.444 e. The molecule has 12 heteroatoms. The molecule has 2 aliphatic heterocycles. The van der Waals surface area contributed by atoms with Gasteiger partial charge in [-0.15, -0.1) is 0 Å². The molecule has 2 aliphatic rings. The highest BCUT2D eigenvalue weighted by Crippen LogP contribution is 2.32. The third-order valence-corrected chi connectivity index (χ3v) is 9.98. The van der Waals surface area contributed by atoms with E-state index in [1.165, 1.54) is 12.1 Å². The van der Waals surface area contributed by atoms with Crippen LogP contribution in [0.25, 0.3) is 10.8 Å². The Morgan fingerprint density at radius 2 is 1.53 bits per heavy atom. The number of hydrazine groups is 1. The van der Waals surface area contributed by atoms with Gasteiger partial charge in [0.05, 0.1) is 13.1 Å². The summed E-state index contributed by atoms with van der Waals surface area (Å²) >= 11 is 0. The molecular formula is C43H43FN6O5. The minimum atomic E-state index is -0.850. The highest BCUT2D eigenvalue weighted by atomic mass is 19.1. The molecule has 0 spiro atoms. The lowest BCUT2D eigenvalue weighted by Gasteiger charge is -2.47. The van der Waals surface area contributed by atoms with Crippen molar-refractivity contribution in [3.8, 4) is 0 Å². The lowest BCUT2D eigenvalue weighted by molar-refractivity contribution is -0.158. The Hall–Kier alpha value is -6.27. The molecular weight excluding hydrogens is 700 g/mol. The number of halogens is 1. The molecule has 5 aromatic rings. The standard InChI is InChI=1S/C43H43FN6O5/c1-29(2)50(42(53)45-24-31-15-19-35(44)20-16-31)48-27-40(51)49-38(23-30-17-21-36(22-18-30)46-43(54)55-28-32-9-4-3-5-10-32)41(52)47(26-39(48)49)25-34-13-8-12-33-11-6-7-14-37(33)34/h3-22,29,38-39H,23-28H2,1-2H3,(H,45,53)(H,46,54)/t38-,39+/m0/s1. The van der Waals surface area contributed by atoms with E-state index in [0.717, 1.165) is 33.0 Å². The Labute approximate surface area is 319 Å². The number of rotatable bonds is 11. The zero-order chi connectivity index (χ0) is 38.5. The van der Waals surface area contributed by atoms with Crippen LogP contribution in [-0.4, -0.2) is 75.1 Å². The Bertz CT molecular complexity index is 2160. The van der Waals surface area contributed by atoms with Crippen LogP contribution in [0.1, 0.15) is 36.1 Å². The Morgan fingerprint density at radius 3 is 2.27 bits per heavy atom. The van der Waals surface area contributed by atoms with Gasteiger partial charge >= 0.3 is 12.1 Å². The van der Waals surface area contributed by atoms with Crippen LogP contribution in [-0.2, 0) is 40.4 Å². The monoisotopic (exact) mass is 742 g/mol. The SMILES string of the molecule is CC(C)N(C(=O)NCc1ccc(F)cc1)N1CC(=O)N2[C@@H](Cc3ccc(NC(=O)OCc4ccccc4)cc3)C(=O)N(Cc3cccc4ccccc34)C[C@@H]21. The zero-order valence-electron chi connectivity index (χ0n) is 30.7. The topological polar surface area (TPSA) is 115 Å². The summed E-state index contributed by atoms with van der Waals surface area (Å²) in [6.45, 7) is 4.46. The highest BCUT2D eigenvalue weighted by Gasteiger charge is 2.52. The van der Waals surface area contributed by atoms with Crippen molar-refractivity contribution in [2.24, 2.45) is 0 Å². The minimum absolute atomic E-state index is 0.0906. The summed E-state index contributed by atoms with van der Waals surface area (Å²) in [6.07, 6.45) is -0.993. The van der Waals surface area contributed by atoms with Gasteiger partial charge in [-0.3, -0.25) is 19.9 Å². The number of anilines is 1. The maximum absolute atomic E-state index is 14.5. The van der Waals surface area contributed by atoms with Crippen molar-refractivity contribution in [2.45, 2.75) is 58.2 Å². The van der Waals surface area contributed by atoms with Crippen molar-refractivity contribution in [1.29, 1.82) is 0 Å². The molecule has 2 fully saturated rings. The second-order valence-corrected chi connectivity index (χ2v) is 14.1. The molecule has 282 valence electrons. The van der Waals surface area contributed by atoms with Gasteiger partial charge < -0.3 is 19.9 Å². The van der Waals surface area contributed by atoms with Gasteiger partial charge in [0, 0.05) is 31.2 Å². The van der Waals surface area contributed by atoms with Crippen LogP contribution >= 0.6 is 0 Å². The van der Waals surface area contributed by atoms with E-state index in [2.05, 4.69) is 10.6 Å². The van der Waals surface area contributed by atoms with Gasteiger partial charge in [0.1, 0.15) is 24.6 Å². The molecule has 2 saturated heterocycles. The molecule has 0 aliphatic carbocycles. The molecule has 0 unspecified atom stereocenters. The number of urea groups is 1. The van der Waals surface area contributed by atoms with E-state index >= 15 is 0 Å². The van der Waals surface area contributed by atoms with Crippen molar-refractivity contribution in [2.75, 3.05) is 18.4 Å². The van der Waals surface area contributed by atoms with E-state index in [9.17, 15) is 23.6 Å². The van der Waals surface area contributed by atoms with Gasteiger partial charge in [-0.1, -0.05) is 97.1 Å². The Kier molecular flexibility index (Phi) is 11.0. The van der Waals surface area contributed by atoms with E-state index in [1.54, 1.807) is 44.1 Å². The lowest BCUT2D eigenvalue weighted by Crippen LogP contribution is -2.66. The van der Waals surface area contributed by atoms with E-state index in [1.807, 2.05) is 98.8 Å². The molecule has 11 nitrogen and oxygen atoms in total. The summed E-state index contributed by atoms with van der Waals surface area (Å²) in [5.41, 5.74) is 3.88. The first-order chi connectivity index (χ1) is 26.6. The number of benzene rings is 5. The number of fused-ring (bicyclic) bond motifs is 2. The molecule has 0 saturated carbocycles. The summed E-state index contributed by atoms with van der Waals surface area (Å²) in [5, 5.41) is 11.1. The predicted molar refractivity (Wildman–Crippen MR) is 206 cm³/mol. The second-order valence-electron chi connectivity index (χ2n) is 14.1. The fourth-order valence-corrected chi connectivity index (χ4v) is 7.33. The molecule has 55 heavy (non-hydrogen) atoms. The zero-order valence-corrected chi connectivity index (χ0v) is 30.7. The summed E-state index contributed by atoms with van der Waals surface area (Å²) in [4.78, 5) is 58.2. The highest BCUT2D eigenvalue weighted by molar-refractivity contribution is 5.92. The summed E-state index contributed by atoms with van der Waals surface area (Å²) in [6, 6.07) is 34.8. The maximum Gasteiger partial charge on any atom is 0.411 e. The Balaban J connectivity index is 1.12. The average Bonchev–Trinajstić information content (AvgIpc) is 3.50. The number of amides is 5. The van der Waals surface area contributed by atoms with Crippen LogP contribution in [0.15, 0.2) is 121 Å². The number of hydrogen-bond donors (Lipinski definition) is 2. The third-order valence-electron chi connectivity index (χ3n) is 9.98. The van der Waals surface area contributed by atoms with E-state index in [4.69, 9.17) is 4.74 Å². The summed E-state index contributed by atoms with van der Waals surface area (Å²) in [7, 11) is 0. The molecule has 0 radical (unpaired) electrons. The molecule has 2 N–H and O–H groups in total. The van der Waals surface area contributed by atoms with Gasteiger partial charge in [0.15, 0.2) is 0 Å². The van der Waals surface area contributed by atoms with E-state index < -0.39 is 24.3 Å². The lowest BCUT2D eigenvalue weighted by atomic mass is 9.98. The number of ether oxygens (including phenoxy) is 1. The van der Waals surface area contributed by atoms with Gasteiger partial charge in [0.2, 0.25) is 11.8 Å². The number of carbonyl (C=O) groups excluding carboxylic acids is 4. The molecule has 5 amide bonds. The number of hydrogen-bond acceptors (Lipinski definition) is 6. The number of nitrogens with zero attached hydrogens (tertiary/aromatic N) is 4. The second kappa shape index (κ2) is 16.4. The van der Waals surface area contributed by atoms with Gasteiger partial charge in [-0.25, -0.2) is 14.0 Å². The average molecular weight is 743 g/mol. The molecule has 7 rings (SSSR count). The van der Waals surface area contributed by atoms with Gasteiger partial charge in [-0.05, 0) is 71.1 Å². The van der Waals surface area contributed by atoms with Gasteiger partial charge in [0.25, 0.3) is 0 Å². The minimum Gasteiger partial charge on any atom is -0.444 e. The number of carbonyl (C=O) groups is 4. The van der Waals surface area contributed by atoms with Crippen molar-refractivity contribution in [1.82, 2.24) is 25.1 Å². The van der Waals surface area contributed by atoms with Crippen LogP contribution in [0, 0.1) is 5.82 Å². The quantitative estimate of drug-likeness (QED) is 0.156. The molecule has 2 atom stereocenters. The fourth-order valence-electron chi connectivity index (χ4n) is 7.33. The number of nitrogens with one attached hydrogen (secondary N) is 2. The first-order valence-corrected chi connectivity index (χ1v) is 18.4. The number of piperazine rings is 1. The summed E-state index contributed by atoms with van der Waals surface area (Å²) in [5.74, 6) is -0.816. The summed E-state index contributed by atoms with van der Waals surface area (Å²) < 4.78 is 18.9. The molecule has 5 aromatic carbocycles. The fraction of sp³-hybridized carbons (Fsp3) is 0.256. The van der Waals surface area contributed by atoms with Crippen LogP contribution < -0.4 is 10.6 Å². The smallest absolute Gasteiger partial charge is 0.411 e. The van der Waals surface area contributed by atoms with Crippen LogP contribution in [0.2, 0.25) is 0 Å².